The summed E-state index contributed by atoms with van der Waals surface area (Å²) in [5.74, 6) is -0.142. The lowest BCUT2D eigenvalue weighted by atomic mass is 10.0. The third-order valence-corrected chi connectivity index (χ3v) is 8.37. The van der Waals surface area contributed by atoms with E-state index in [1.165, 1.54) is 0 Å². The molecule has 0 radical (unpaired) electrons. The van der Waals surface area contributed by atoms with Crippen molar-refractivity contribution >= 4 is 16.5 Å². The third kappa shape index (κ3) is 3.85. The number of aromatic nitrogens is 2. The van der Waals surface area contributed by atoms with Gasteiger partial charge in [0.1, 0.15) is 0 Å². The molecule has 32 heavy (non-hydrogen) atoms. The van der Waals surface area contributed by atoms with Gasteiger partial charge in [-0.2, -0.15) is 15.7 Å². The molecular weight excluding hydrogens is 430 g/mol. The minimum Gasteiger partial charge on any atom is -0.378 e. The summed E-state index contributed by atoms with van der Waals surface area (Å²) in [4.78, 5) is 18.1. The van der Waals surface area contributed by atoms with Crippen LogP contribution in [0.5, 0.6) is 0 Å². The van der Waals surface area contributed by atoms with Crippen molar-refractivity contribution in [3.63, 3.8) is 0 Å². The highest BCUT2D eigenvalue weighted by molar-refractivity contribution is 8.23. The lowest BCUT2D eigenvalue weighted by Crippen LogP contribution is -2.41. The number of amides is 1. The SMILES string of the molecule is NCCN1CCCC(n2nc(C(=O)N3CCOCC3)c3c2-c2ccccc2S(O)(O)C3)C1. The number of ether oxygens (including phenoxy) is 1. The number of morpholine rings is 1. The smallest absolute Gasteiger partial charge is 0.274 e. The van der Waals surface area contributed by atoms with Gasteiger partial charge in [-0.15, -0.1) is 0 Å². The third-order valence-electron chi connectivity index (χ3n) is 6.62. The number of carbonyl (C=O) groups excluding carboxylic acids is 1. The van der Waals surface area contributed by atoms with Crippen molar-refractivity contribution in [3.05, 3.63) is 35.5 Å². The predicted octanol–water partition coefficient (Wildman–Crippen LogP) is 2.24. The van der Waals surface area contributed by atoms with Gasteiger partial charge in [0.25, 0.3) is 5.91 Å². The van der Waals surface area contributed by atoms with Gasteiger partial charge in [0, 0.05) is 43.9 Å². The molecule has 174 valence electrons. The standard InChI is InChI=1S/C22H31N5O4S/c23-7-9-25-8-3-4-16(14-25)27-21-17-5-1-2-6-19(17)32(29,30)15-18(21)20(24-27)22(28)26-10-12-31-13-11-26/h1-2,5-6,16,29-30H,3-4,7-15,23H2. The van der Waals surface area contributed by atoms with Crippen molar-refractivity contribution in [1.29, 1.82) is 0 Å². The van der Waals surface area contributed by atoms with E-state index in [1.807, 2.05) is 22.9 Å². The molecule has 3 aliphatic rings. The molecule has 5 rings (SSSR count). The lowest BCUT2D eigenvalue weighted by molar-refractivity contribution is 0.0297. The van der Waals surface area contributed by atoms with Crippen molar-refractivity contribution in [2.24, 2.45) is 5.73 Å². The summed E-state index contributed by atoms with van der Waals surface area (Å²) >= 11 is 0. The highest BCUT2D eigenvalue weighted by atomic mass is 32.3. The zero-order valence-electron chi connectivity index (χ0n) is 18.2. The number of likely N-dealkylation sites (tertiary alicyclic amines) is 1. The molecule has 1 atom stereocenters. The normalized spacial score (nSPS) is 24.0. The van der Waals surface area contributed by atoms with Crippen LogP contribution in [0, 0.1) is 0 Å². The van der Waals surface area contributed by atoms with E-state index in [9.17, 15) is 13.9 Å². The molecule has 1 unspecified atom stereocenters. The number of hydrogen-bond acceptors (Lipinski definition) is 7. The van der Waals surface area contributed by atoms with E-state index in [4.69, 9.17) is 15.6 Å². The minimum absolute atomic E-state index is 0.0179. The number of nitrogens with zero attached hydrogens (tertiary/aromatic N) is 4. The van der Waals surface area contributed by atoms with Gasteiger partial charge in [-0.25, -0.2) is 0 Å². The van der Waals surface area contributed by atoms with Gasteiger partial charge in [-0.1, -0.05) is 18.2 Å². The second-order valence-electron chi connectivity index (χ2n) is 8.72. The van der Waals surface area contributed by atoms with Crippen molar-refractivity contribution in [2.45, 2.75) is 29.5 Å². The number of piperidine rings is 1. The fourth-order valence-electron chi connectivity index (χ4n) is 5.09. The van der Waals surface area contributed by atoms with Crippen LogP contribution in [0.2, 0.25) is 0 Å². The van der Waals surface area contributed by atoms with Gasteiger partial charge < -0.3 is 15.4 Å². The van der Waals surface area contributed by atoms with Crippen LogP contribution in [0.3, 0.4) is 0 Å². The highest BCUT2D eigenvalue weighted by Gasteiger charge is 2.39. The molecule has 0 spiro atoms. The molecule has 10 heteroatoms. The summed E-state index contributed by atoms with van der Waals surface area (Å²) in [5.41, 5.74) is 8.40. The zero-order valence-corrected chi connectivity index (χ0v) is 19.0. The van der Waals surface area contributed by atoms with Crippen molar-refractivity contribution < 1.29 is 18.6 Å². The Hall–Kier alpha value is -1.95. The molecule has 0 bridgehead atoms. The Morgan fingerprint density at radius 1 is 1.22 bits per heavy atom. The molecule has 3 aliphatic heterocycles. The van der Waals surface area contributed by atoms with Gasteiger partial charge in [0.15, 0.2) is 5.69 Å². The number of carbonyl (C=O) groups is 1. The van der Waals surface area contributed by atoms with Crippen molar-refractivity contribution in [3.8, 4) is 11.3 Å². The number of benzene rings is 1. The molecular formula is C22H31N5O4S. The first-order valence-corrected chi connectivity index (χ1v) is 13.0. The zero-order chi connectivity index (χ0) is 22.3. The Labute approximate surface area is 189 Å². The molecule has 0 aliphatic carbocycles. The molecule has 2 saturated heterocycles. The topological polar surface area (TPSA) is 117 Å². The van der Waals surface area contributed by atoms with Gasteiger partial charge in [0.05, 0.1) is 35.6 Å². The predicted molar refractivity (Wildman–Crippen MR) is 123 cm³/mol. The van der Waals surface area contributed by atoms with E-state index in [2.05, 4.69) is 4.90 Å². The van der Waals surface area contributed by atoms with E-state index >= 15 is 0 Å². The summed E-state index contributed by atoms with van der Waals surface area (Å²) in [6, 6.07) is 7.50. The monoisotopic (exact) mass is 461 g/mol. The molecule has 9 nitrogen and oxygen atoms in total. The fourth-order valence-corrected chi connectivity index (χ4v) is 6.73. The Balaban J connectivity index is 1.62. The second kappa shape index (κ2) is 8.77. The minimum atomic E-state index is -3.05. The van der Waals surface area contributed by atoms with Crippen molar-refractivity contribution in [1.82, 2.24) is 19.6 Å². The first kappa shape index (κ1) is 21.9. The summed E-state index contributed by atoms with van der Waals surface area (Å²) in [6.45, 7) is 5.29. The molecule has 2 fully saturated rings. The van der Waals surface area contributed by atoms with Crippen LogP contribution in [0.25, 0.3) is 11.3 Å². The van der Waals surface area contributed by atoms with Gasteiger partial charge >= 0.3 is 0 Å². The van der Waals surface area contributed by atoms with E-state index in [1.54, 1.807) is 11.0 Å². The average Bonchev–Trinajstić information content (AvgIpc) is 3.18. The summed E-state index contributed by atoms with van der Waals surface area (Å²) in [5, 5.41) is 4.87. The number of nitrogens with two attached hydrogens (primary N) is 1. The molecule has 2 aromatic rings. The van der Waals surface area contributed by atoms with Crippen LogP contribution in [-0.2, 0) is 10.5 Å². The maximum absolute atomic E-state index is 13.5. The van der Waals surface area contributed by atoms with E-state index in [0.717, 1.165) is 43.7 Å². The van der Waals surface area contributed by atoms with E-state index < -0.39 is 10.6 Å². The van der Waals surface area contributed by atoms with Crippen LogP contribution in [0.4, 0.5) is 0 Å². The number of fused-ring (bicyclic) bond motifs is 3. The largest absolute Gasteiger partial charge is 0.378 e. The quantitative estimate of drug-likeness (QED) is 0.639. The summed E-state index contributed by atoms with van der Waals surface area (Å²) in [7, 11) is -3.05. The van der Waals surface area contributed by atoms with E-state index in [-0.39, 0.29) is 17.7 Å². The maximum atomic E-state index is 13.5. The van der Waals surface area contributed by atoms with Gasteiger partial charge in [0.2, 0.25) is 0 Å². The van der Waals surface area contributed by atoms with Crippen LogP contribution in [0.15, 0.2) is 29.2 Å². The number of rotatable bonds is 4. The summed E-state index contributed by atoms with van der Waals surface area (Å²) in [6.07, 6.45) is 1.99. The number of hydrogen-bond donors (Lipinski definition) is 3. The van der Waals surface area contributed by atoms with Gasteiger partial charge in [-0.3, -0.25) is 23.5 Å². The Bertz CT molecular complexity index is 1000. The average molecular weight is 462 g/mol. The second-order valence-corrected chi connectivity index (χ2v) is 10.8. The van der Waals surface area contributed by atoms with Crippen LogP contribution >= 0.6 is 10.6 Å². The Morgan fingerprint density at radius 2 is 2.00 bits per heavy atom. The molecule has 4 heterocycles. The van der Waals surface area contributed by atoms with Crippen LogP contribution in [0.1, 0.15) is 34.9 Å². The summed E-state index contributed by atoms with van der Waals surface area (Å²) < 4.78 is 29.3. The molecule has 4 N–H and O–H groups in total. The van der Waals surface area contributed by atoms with Crippen molar-refractivity contribution in [2.75, 3.05) is 52.5 Å². The van der Waals surface area contributed by atoms with Crippen LogP contribution < -0.4 is 5.73 Å². The van der Waals surface area contributed by atoms with Crippen LogP contribution in [-0.4, -0.2) is 87.1 Å². The molecule has 1 amide bonds. The fraction of sp³-hybridized carbons (Fsp3) is 0.545. The van der Waals surface area contributed by atoms with E-state index in [0.29, 0.717) is 49.0 Å². The molecule has 0 saturated carbocycles. The Kier molecular flexibility index (Phi) is 5.99. The molecule has 1 aromatic carbocycles. The molecule has 1 aromatic heterocycles. The first-order chi connectivity index (χ1) is 15.5. The Morgan fingerprint density at radius 3 is 2.78 bits per heavy atom. The lowest BCUT2D eigenvalue weighted by Gasteiger charge is -2.39. The van der Waals surface area contributed by atoms with Gasteiger partial charge in [-0.05, 0) is 25.5 Å². The first-order valence-electron chi connectivity index (χ1n) is 11.3. The highest BCUT2D eigenvalue weighted by Crippen LogP contribution is 2.60. The maximum Gasteiger partial charge on any atom is 0.274 e.